The topological polar surface area (TPSA) is 67.2 Å². The fraction of sp³-hybridized carbons (Fsp3) is 0.385. The molecule has 1 aromatic carbocycles. The Bertz CT molecular complexity index is 715. The van der Waals surface area contributed by atoms with Gasteiger partial charge >= 0.3 is 5.69 Å². The third-order valence-corrected chi connectivity index (χ3v) is 3.88. The van der Waals surface area contributed by atoms with Gasteiger partial charge in [0.15, 0.2) is 0 Å². The summed E-state index contributed by atoms with van der Waals surface area (Å²) in [6.07, 6.45) is 4.47. The van der Waals surface area contributed by atoms with E-state index in [-0.39, 0.29) is 5.69 Å². The minimum Gasteiger partial charge on any atom is -0.306 e. The lowest BCUT2D eigenvalue weighted by atomic mass is 9.72. The number of hydrogen-bond acceptors (Lipinski definition) is 3. The van der Waals surface area contributed by atoms with Crippen molar-refractivity contribution in [3.63, 3.8) is 0 Å². The van der Waals surface area contributed by atoms with Gasteiger partial charge < -0.3 is 4.98 Å². The summed E-state index contributed by atoms with van der Waals surface area (Å²) < 4.78 is 1.57. The molecule has 1 aromatic heterocycles. The second-order valence-corrected chi connectivity index (χ2v) is 4.81. The lowest BCUT2D eigenvalue weighted by Crippen LogP contribution is -2.31. The number of fused-ring (bicyclic) bond motifs is 1. The molecule has 1 aliphatic rings. The molecule has 0 saturated heterocycles. The average molecular weight is 243 g/mol. The van der Waals surface area contributed by atoms with Gasteiger partial charge in [-0.3, -0.25) is 4.57 Å². The van der Waals surface area contributed by atoms with Crippen molar-refractivity contribution in [3.8, 4) is 0 Å². The molecule has 1 N–H and O–H groups in total. The number of H-pyrrole nitrogens is 1. The molecular formula is C13H13N3O2. The molecule has 0 spiro atoms. The van der Waals surface area contributed by atoms with Crippen LogP contribution in [-0.2, 0) is 17.4 Å². The molecule has 0 aliphatic heterocycles. The Kier molecular flexibility index (Phi) is 2.25. The van der Waals surface area contributed by atoms with Crippen LogP contribution in [0.2, 0.25) is 0 Å². The number of imidazole rings is 1. The van der Waals surface area contributed by atoms with Crippen LogP contribution < -0.4 is 5.69 Å². The molecule has 0 unspecified atom stereocenters. The Morgan fingerprint density at radius 3 is 2.83 bits per heavy atom. The molecule has 1 heterocycles. The van der Waals surface area contributed by atoms with Crippen LogP contribution in [0.3, 0.4) is 0 Å². The third kappa shape index (κ3) is 1.38. The number of carbonyl (C=O) groups excluding carboxylic acids is 1. The number of nitrogens with zero attached hydrogens (tertiary/aromatic N) is 2. The number of nitrogens with one attached hydrogen (secondary N) is 1. The molecule has 2 aromatic rings. The molecule has 1 saturated carbocycles. The van der Waals surface area contributed by atoms with Gasteiger partial charge in [-0.2, -0.15) is 4.99 Å². The summed E-state index contributed by atoms with van der Waals surface area (Å²) in [5.41, 5.74) is 2.07. The quantitative estimate of drug-likeness (QED) is 0.642. The molecule has 0 bridgehead atoms. The number of aryl methyl sites for hydroxylation is 1. The highest BCUT2D eigenvalue weighted by atomic mass is 16.1. The zero-order chi connectivity index (χ0) is 12.8. The summed E-state index contributed by atoms with van der Waals surface area (Å²) >= 11 is 0. The minimum absolute atomic E-state index is 0.135. The maximum Gasteiger partial charge on any atom is 0.326 e. The smallest absolute Gasteiger partial charge is 0.306 e. The molecule has 18 heavy (non-hydrogen) atoms. The highest BCUT2D eigenvalue weighted by molar-refractivity contribution is 5.76. The van der Waals surface area contributed by atoms with Crippen molar-refractivity contribution < 1.29 is 4.79 Å². The number of rotatable bonds is 2. The number of hydrogen-bond donors (Lipinski definition) is 1. The van der Waals surface area contributed by atoms with Crippen LogP contribution in [0.15, 0.2) is 28.0 Å². The van der Waals surface area contributed by atoms with Crippen molar-refractivity contribution in [2.75, 3.05) is 0 Å². The van der Waals surface area contributed by atoms with Gasteiger partial charge in [-0.1, -0.05) is 6.07 Å². The van der Waals surface area contributed by atoms with E-state index in [9.17, 15) is 9.59 Å². The molecule has 5 heteroatoms. The van der Waals surface area contributed by atoms with Gasteiger partial charge in [0.1, 0.15) is 0 Å². The summed E-state index contributed by atoms with van der Waals surface area (Å²) in [5.74, 6) is 0. The molecule has 0 radical (unpaired) electrons. The summed E-state index contributed by atoms with van der Waals surface area (Å²) in [6.45, 7) is 0. The highest BCUT2D eigenvalue weighted by Crippen LogP contribution is 2.45. The molecule has 1 fully saturated rings. The van der Waals surface area contributed by atoms with E-state index in [1.165, 1.54) is 0 Å². The van der Waals surface area contributed by atoms with Crippen molar-refractivity contribution in [2.45, 2.75) is 24.8 Å². The number of aliphatic imine (C=N–C) groups is 1. The van der Waals surface area contributed by atoms with E-state index in [4.69, 9.17) is 0 Å². The van der Waals surface area contributed by atoms with Gasteiger partial charge in [0.2, 0.25) is 6.08 Å². The SMILES string of the molecule is Cn1c(=O)[nH]c2cc(C3(N=C=O)CCC3)ccc21. The molecule has 3 rings (SSSR count). The Morgan fingerprint density at radius 1 is 1.44 bits per heavy atom. The van der Waals surface area contributed by atoms with Gasteiger partial charge in [0, 0.05) is 7.05 Å². The monoisotopic (exact) mass is 243 g/mol. The summed E-state index contributed by atoms with van der Waals surface area (Å²) in [5, 5.41) is 0. The zero-order valence-electron chi connectivity index (χ0n) is 10.1. The molecule has 5 nitrogen and oxygen atoms in total. The van der Waals surface area contributed by atoms with Crippen LogP contribution in [0.5, 0.6) is 0 Å². The number of aromatic amines is 1. The maximum absolute atomic E-state index is 11.5. The lowest BCUT2D eigenvalue weighted by Gasteiger charge is -2.37. The first-order valence-corrected chi connectivity index (χ1v) is 5.95. The van der Waals surface area contributed by atoms with Crippen molar-refractivity contribution in [2.24, 2.45) is 12.0 Å². The van der Waals surface area contributed by atoms with Crippen LogP contribution >= 0.6 is 0 Å². The van der Waals surface area contributed by atoms with E-state index in [2.05, 4.69) is 9.98 Å². The fourth-order valence-electron chi connectivity index (χ4n) is 2.59. The van der Waals surface area contributed by atoms with E-state index in [1.807, 2.05) is 18.2 Å². The van der Waals surface area contributed by atoms with Gasteiger partial charge in [-0.25, -0.2) is 9.59 Å². The fourth-order valence-corrected chi connectivity index (χ4v) is 2.59. The summed E-state index contributed by atoms with van der Waals surface area (Å²) in [4.78, 5) is 28.8. The normalized spacial score (nSPS) is 17.2. The first-order valence-electron chi connectivity index (χ1n) is 5.95. The van der Waals surface area contributed by atoms with Crippen molar-refractivity contribution in [1.82, 2.24) is 9.55 Å². The standard InChI is InChI=1S/C13H13N3O2/c1-16-11-4-3-9(7-10(11)15-12(16)18)13(14-8-17)5-2-6-13/h3-4,7H,2,5-6H2,1H3,(H,15,18). The van der Waals surface area contributed by atoms with E-state index in [0.29, 0.717) is 0 Å². The number of aromatic nitrogens is 2. The first-order chi connectivity index (χ1) is 8.66. The molecule has 1 aliphatic carbocycles. The van der Waals surface area contributed by atoms with Gasteiger partial charge in [-0.15, -0.1) is 0 Å². The summed E-state index contributed by atoms with van der Waals surface area (Å²) in [6, 6.07) is 5.75. The Balaban J connectivity index is 2.19. The van der Waals surface area contributed by atoms with Crippen molar-refractivity contribution in [1.29, 1.82) is 0 Å². The Morgan fingerprint density at radius 2 is 2.22 bits per heavy atom. The van der Waals surface area contributed by atoms with Crippen molar-refractivity contribution in [3.05, 3.63) is 34.2 Å². The van der Waals surface area contributed by atoms with Gasteiger partial charge in [0.05, 0.1) is 16.6 Å². The third-order valence-electron chi connectivity index (χ3n) is 3.88. The second kappa shape index (κ2) is 3.68. The summed E-state index contributed by atoms with van der Waals surface area (Å²) in [7, 11) is 1.73. The number of benzene rings is 1. The van der Waals surface area contributed by atoms with Crippen LogP contribution in [0.1, 0.15) is 24.8 Å². The average Bonchev–Trinajstić information content (AvgIpc) is 2.59. The van der Waals surface area contributed by atoms with Crippen LogP contribution in [0, 0.1) is 0 Å². The number of isocyanates is 1. The largest absolute Gasteiger partial charge is 0.326 e. The first kappa shape index (κ1) is 11.0. The van der Waals surface area contributed by atoms with Crippen LogP contribution in [0.4, 0.5) is 0 Å². The van der Waals surface area contributed by atoms with Crippen LogP contribution in [-0.4, -0.2) is 15.6 Å². The van der Waals surface area contributed by atoms with E-state index in [1.54, 1.807) is 17.7 Å². The highest BCUT2D eigenvalue weighted by Gasteiger charge is 2.39. The molecule has 0 amide bonds. The van der Waals surface area contributed by atoms with E-state index >= 15 is 0 Å². The van der Waals surface area contributed by atoms with Gasteiger partial charge in [0.25, 0.3) is 0 Å². The molecule has 92 valence electrons. The second-order valence-electron chi connectivity index (χ2n) is 4.81. The maximum atomic E-state index is 11.5. The Labute approximate surface area is 103 Å². The molecular weight excluding hydrogens is 230 g/mol. The predicted molar refractivity (Wildman–Crippen MR) is 67.2 cm³/mol. The van der Waals surface area contributed by atoms with Crippen LogP contribution in [0.25, 0.3) is 11.0 Å². The van der Waals surface area contributed by atoms with E-state index in [0.717, 1.165) is 35.9 Å². The molecule has 0 atom stereocenters. The predicted octanol–water partition coefficient (Wildman–Crippen LogP) is 1.58. The lowest BCUT2D eigenvalue weighted by molar-refractivity contribution is 0.256. The zero-order valence-corrected chi connectivity index (χ0v) is 10.1. The van der Waals surface area contributed by atoms with E-state index < -0.39 is 5.54 Å². The van der Waals surface area contributed by atoms with Crippen molar-refractivity contribution >= 4 is 17.1 Å². The Hall–Kier alpha value is -2.13. The van der Waals surface area contributed by atoms with Gasteiger partial charge in [-0.05, 0) is 37.0 Å². The minimum atomic E-state index is -0.414.